The van der Waals surface area contributed by atoms with E-state index in [9.17, 15) is 9.90 Å². The third-order valence-corrected chi connectivity index (χ3v) is 4.28. The first-order chi connectivity index (χ1) is 9.12. The summed E-state index contributed by atoms with van der Waals surface area (Å²) in [7, 11) is 1.97. The fraction of sp³-hybridized carbons (Fsp3) is 0.400. The average molecular weight is 258 g/mol. The molecule has 1 aliphatic rings. The van der Waals surface area contributed by atoms with Crippen molar-refractivity contribution >= 4 is 22.6 Å². The fourth-order valence-electron chi connectivity index (χ4n) is 2.95. The summed E-state index contributed by atoms with van der Waals surface area (Å²) in [4.78, 5) is 16.7. The Bertz CT molecular complexity index is 613. The summed E-state index contributed by atoms with van der Waals surface area (Å²) in [5, 5.41) is 10.6. The quantitative estimate of drug-likeness (QED) is 0.886. The highest BCUT2D eigenvalue weighted by Crippen LogP contribution is 2.42. The lowest BCUT2D eigenvalue weighted by atomic mass is 9.68. The van der Waals surface area contributed by atoms with E-state index in [2.05, 4.69) is 16.0 Å². The number of carboxylic acids is 1. The van der Waals surface area contributed by atoms with Crippen molar-refractivity contribution in [2.45, 2.75) is 19.3 Å². The van der Waals surface area contributed by atoms with Gasteiger partial charge in [0.2, 0.25) is 0 Å². The molecule has 1 saturated carbocycles. The van der Waals surface area contributed by atoms with Crippen molar-refractivity contribution in [1.82, 2.24) is 4.98 Å². The molecule has 0 spiro atoms. The van der Waals surface area contributed by atoms with E-state index < -0.39 is 11.4 Å². The second kappa shape index (κ2) is 4.30. The molecule has 0 aliphatic heterocycles. The molecule has 4 nitrogen and oxygen atoms in total. The number of carbonyl (C=O) groups is 1. The molecule has 2 N–H and O–H groups in total. The van der Waals surface area contributed by atoms with Crippen LogP contribution in [-0.4, -0.2) is 29.7 Å². The molecule has 3 rings (SSSR count). The van der Waals surface area contributed by atoms with Crippen LogP contribution in [0.4, 0.5) is 5.69 Å². The number of benzene rings is 1. The molecule has 1 aromatic heterocycles. The van der Waals surface area contributed by atoms with Crippen molar-refractivity contribution in [3.8, 4) is 0 Å². The topological polar surface area (TPSA) is 56.3 Å². The van der Waals surface area contributed by atoms with Crippen LogP contribution in [0.2, 0.25) is 0 Å². The maximum atomic E-state index is 11.4. The van der Waals surface area contributed by atoms with Crippen molar-refractivity contribution in [3.05, 3.63) is 30.5 Å². The monoisotopic (exact) mass is 258 g/mol. The highest BCUT2D eigenvalue weighted by Gasteiger charge is 2.45. The first kappa shape index (κ1) is 12.1. The number of anilines is 1. The highest BCUT2D eigenvalue weighted by molar-refractivity contribution is 5.93. The molecule has 0 amide bonds. The van der Waals surface area contributed by atoms with Crippen molar-refractivity contribution < 1.29 is 9.90 Å². The number of para-hydroxylation sites is 1. The van der Waals surface area contributed by atoms with Gasteiger partial charge in [-0.3, -0.25) is 4.79 Å². The number of H-pyrrole nitrogens is 1. The molecule has 0 radical (unpaired) electrons. The molecule has 0 unspecified atom stereocenters. The van der Waals surface area contributed by atoms with Gasteiger partial charge in [-0.15, -0.1) is 0 Å². The molecule has 1 aliphatic carbocycles. The number of aromatic nitrogens is 1. The first-order valence-corrected chi connectivity index (χ1v) is 6.63. The lowest BCUT2D eigenvalue weighted by Gasteiger charge is -2.40. The van der Waals surface area contributed by atoms with Crippen molar-refractivity contribution in [3.63, 3.8) is 0 Å². The molecule has 100 valence electrons. The van der Waals surface area contributed by atoms with Gasteiger partial charge in [-0.1, -0.05) is 24.6 Å². The Balaban J connectivity index is 1.88. The average Bonchev–Trinajstić information content (AvgIpc) is 2.77. The number of nitrogens with one attached hydrogen (secondary N) is 1. The normalized spacial score (nSPS) is 17.1. The van der Waals surface area contributed by atoms with Crippen LogP contribution in [-0.2, 0) is 4.79 Å². The summed E-state index contributed by atoms with van der Waals surface area (Å²) in [5.74, 6) is -0.662. The van der Waals surface area contributed by atoms with Crippen LogP contribution < -0.4 is 4.90 Å². The van der Waals surface area contributed by atoms with Crippen LogP contribution in [0.25, 0.3) is 10.9 Å². The number of hydrogen-bond acceptors (Lipinski definition) is 2. The van der Waals surface area contributed by atoms with Gasteiger partial charge in [0.05, 0.1) is 11.1 Å². The van der Waals surface area contributed by atoms with Crippen molar-refractivity contribution in [2.75, 3.05) is 18.5 Å². The van der Waals surface area contributed by atoms with Gasteiger partial charge in [-0.25, -0.2) is 0 Å². The van der Waals surface area contributed by atoms with Crippen molar-refractivity contribution in [2.24, 2.45) is 5.41 Å². The molecule has 1 aromatic carbocycles. The van der Waals surface area contributed by atoms with E-state index in [1.165, 1.54) is 0 Å². The van der Waals surface area contributed by atoms with Crippen LogP contribution in [0.3, 0.4) is 0 Å². The lowest BCUT2D eigenvalue weighted by molar-refractivity contribution is -0.153. The van der Waals surface area contributed by atoms with E-state index in [1.807, 2.05) is 31.4 Å². The van der Waals surface area contributed by atoms with Gasteiger partial charge in [0.25, 0.3) is 0 Å². The Morgan fingerprint density at radius 3 is 2.79 bits per heavy atom. The number of aromatic amines is 1. The predicted molar refractivity (Wildman–Crippen MR) is 75.5 cm³/mol. The second-order valence-electron chi connectivity index (χ2n) is 5.51. The predicted octanol–water partition coefficient (Wildman–Crippen LogP) is 2.86. The van der Waals surface area contributed by atoms with Crippen LogP contribution >= 0.6 is 0 Å². The van der Waals surface area contributed by atoms with Gasteiger partial charge in [0.1, 0.15) is 0 Å². The fourth-order valence-corrected chi connectivity index (χ4v) is 2.95. The Morgan fingerprint density at radius 2 is 2.16 bits per heavy atom. The molecule has 1 heterocycles. The molecule has 0 saturated heterocycles. The number of hydrogen-bond donors (Lipinski definition) is 2. The van der Waals surface area contributed by atoms with Gasteiger partial charge >= 0.3 is 5.97 Å². The minimum Gasteiger partial charge on any atom is -0.481 e. The molecule has 0 bridgehead atoms. The Hall–Kier alpha value is -1.97. The van der Waals surface area contributed by atoms with E-state index in [0.29, 0.717) is 6.54 Å². The zero-order valence-electron chi connectivity index (χ0n) is 11.0. The summed E-state index contributed by atoms with van der Waals surface area (Å²) >= 11 is 0. The largest absolute Gasteiger partial charge is 0.481 e. The molecule has 19 heavy (non-hydrogen) atoms. The molecule has 2 aromatic rings. The SMILES string of the molecule is CN(CC1(C(=O)O)CCC1)c1c[nH]c2ccccc12. The summed E-state index contributed by atoms with van der Waals surface area (Å²) in [6.45, 7) is 0.574. The molecule has 1 fully saturated rings. The molecule has 0 atom stereocenters. The van der Waals surface area contributed by atoms with Crippen LogP contribution in [0.15, 0.2) is 30.5 Å². The molecular weight excluding hydrogens is 240 g/mol. The van der Waals surface area contributed by atoms with E-state index in [0.717, 1.165) is 35.9 Å². The van der Waals surface area contributed by atoms with E-state index in [-0.39, 0.29) is 0 Å². The zero-order valence-corrected chi connectivity index (χ0v) is 11.0. The highest BCUT2D eigenvalue weighted by atomic mass is 16.4. The summed E-state index contributed by atoms with van der Waals surface area (Å²) in [6, 6.07) is 8.09. The number of nitrogens with zero attached hydrogens (tertiary/aromatic N) is 1. The van der Waals surface area contributed by atoms with E-state index >= 15 is 0 Å². The van der Waals surface area contributed by atoms with E-state index in [1.54, 1.807) is 0 Å². The number of carboxylic acid groups (broad SMARTS) is 1. The maximum Gasteiger partial charge on any atom is 0.311 e. The second-order valence-corrected chi connectivity index (χ2v) is 5.51. The van der Waals surface area contributed by atoms with Gasteiger partial charge in [0, 0.05) is 30.7 Å². The van der Waals surface area contributed by atoms with Crippen LogP contribution in [0, 0.1) is 5.41 Å². The Morgan fingerprint density at radius 1 is 1.42 bits per heavy atom. The zero-order chi connectivity index (χ0) is 13.5. The van der Waals surface area contributed by atoms with Crippen molar-refractivity contribution in [1.29, 1.82) is 0 Å². The summed E-state index contributed by atoms with van der Waals surface area (Å²) < 4.78 is 0. The van der Waals surface area contributed by atoms with Crippen LogP contribution in [0.1, 0.15) is 19.3 Å². The molecular formula is C15H18N2O2. The van der Waals surface area contributed by atoms with E-state index in [4.69, 9.17) is 0 Å². The third-order valence-electron chi connectivity index (χ3n) is 4.28. The first-order valence-electron chi connectivity index (χ1n) is 6.63. The lowest BCUT2D eigenvalue weighted by Crippen LogP contribution is -2.46. The van der Waals surface area contributed by atoms with Gasteiger partial charge in [-0.05, 0) is 18.9 Å². The minimum atomic E-state index is -0.662. The Labute approximate surface area is 112 Å². The van der Waals surface area contributed by atoms with Gasteiger partial charge in [-0.2, -0.15) is 0 Å². The minimum absolute atomic E-state index is 0.548. The smallest absolute Gasteiger partial charge is 0.311 e. The number of aliphatic carboxylic acids is 1. The van der Waals surface area contributed by atoms with Gasteiger partial charge < -0.3 is 15.0 Å². The maximum absolute atomic E-state index is 11.4. The van der Waals surface area contributed by atoms with Gasteiger partial charge in [0.15, 0.2) is 0 Å². The molecule has 4 heteroatoms. The number of rotatable bonds is 4. The number of fused-ring (bicyclic) bond motifs is 1. The third kappa shape index (κ3) is 1.87. The summed E-state index contributed by atoms with van der Waals surface area (Å²) in [5.41, 5.74) is 1.61. The Kier molecular flexibility index (Phi) is 2.73. The van der Waals surface area contributed by atoms with Crippen LogP contribution in [0.5, 0.6) is 0 Å². The standard InChI is InChI=1S/C15H18N2O2/c1-17(10-15(14(18)19)7-4-8-15)13-9-16-12-6-3-2-5-11(12)13/h2-3,5-6,9,16H,4,7-8,10H2,1H3,(H,18,19). The summed E-state index contributed by atoms with van der Waals surface area (Å²) in [6.07, 6.45) is 4.55.